The van der Waals surface area contributed by atoms with E-state index in [9.17, 15) is 8.78 Å². The van der Waals surface area contributed by atoms with E-state index in [2.05, 4.69) is 10.3 Å². The number of anilines is 1. The van der Waals surface area contributed by atoms with Gasteiger partial charge < -0.3 is 15.0 Å². The van der Waals surface area contributed by atoms with Gasteiger partial charge in [0.05, 0.1) is 13.2 Å². The molecule has 0 amide bonds. The third kappa shape index (κ3) is 5.37. The Kier molecular flexibility index (Phi) is 6.53. The van der Waals surface area contributed by atoms with Gasteiger partial charge in [0.25, 0.3) is 6.43 Å². The zero-order valence-electron chi connectivity index (χ0n) is 10.7. The molecule has 0 aliphatic carbocycles. The summed E-state index contributed by atoms with van der Waals surface area (Å²) in [5, 5.41) is 3.18. The van der Waals surface area contributed by atoms with E-state index in [1.807, 2.05) is 6.07 Å². The summed E-state index contributed by atoms with van der Waals surface area (Å²) in [6.07, 6.45) is -0.663. The first-order chi connectivity index (χ1) is 8.63. The van der Waals surface area contributed by atoms with Crippen molar-refractivity contribution in [2.45, 2.75) is 13.0 Å². The third-order valence-corrected chi connectivity index (χ3v) is 2.42. The van der Waals surface area contributed by atoms with Gasteiger partial charge in [0.2, 0.25) is 0 Å². The first kappa shape index (κ1) is 14.8. The van der Waals surface area contributed by atoms with E-state index in [1.165, 1.54) is 4.90 Å². The molecule has 1 aromatic heterocycles. The van der Waals surface area contributed by atoms with E-state index in [0.29, 0.717) is 19.0 Å². The molecule has 4 nitrogen and oxygen atoms in total. The molecule has 0 spiro atoms. The minimum Gasteiger partial charge on any atom is -0.383 e. The monoisotopic (exact) mass is 259 g/mol. The average Bonchev–Trinajstić information content (AvgIpc) is 2.34. The Morgan fingerprint density at radius 1 is 1.44 bits per heavy atom. The van der Waals surface area contributed by atoms with Crippen molar-refractivity contribution in [3.05, 3.63) is 23.9 Å². The zero-order chi connectivity index (χ0) is 13.4. The number of hydrogen-bond donors (Lipinski definition) is 1. The van der Waals surface area contributed by atoms with Gasteiger partial charge in [0, 0.05) is 33.4 Å². The largest absolute Gasteiger partial charge is 0.383 e. The van der Waals surface area contributed by atoms with Gasteiger partial charge in [-0.15, -0.1) is 0 Å². The van der Waals surface area contributed by atoms with Crippen LogP contribution in [0.25, 0.3) is 0 Å². The Morgan fingerprint density at radius 2 is 2.22 bits per heavy atom. The molecule has 0 aliphatic heterocycles. The van der Waals surface area contributed by atoms with Crippen LogP contribution in [0.3, 0.4) is 0 Å². The van der Waals surface area contributed by atoms with Gasteiger partial charge in [-0.3, -0.25) is 0 Å². The highest BCUT2D eigenvalue weighted by Crippen LogP contribution is 2.11. The van der Waals surface area contributed by atoms with Gasteiger partial charge in [-0.1, -0.05) is 6.07 Å². The van der Waals surface area contributed by atoms with E-state index >= 15 is 0 Å². The van der Waals surface area contributed by atoms with Crippen LogP contribution in [0.15, 0.2) is 18.3 Å². The fourth-order valence-electron chi connectivity index (χ4n) is 1.45. The fourth-order valence-corrected chi connectivity index (χ4v) is 1.45. The first-order valence-electron chi connectivity index (χ1n) is 5.77. The van der Waals surface area contributed by atoms with E-state index in [-0.39, 0.29) is 6.54 Å². The maximum Gasteiger partial charge on any atom is 0.255 e. The molecule has 0 aliphatic rings. The van der Waals surface area contributed by atoms with Gasteiger partial charge >= 0.3 is 0 Å². The molecule has 0 saturated carbocycles. The number of rotatable bonds is 8. The van der Waals surface area contributed by atoms with Gasteiger partial charge in [-0.05, 0) is 11.6 Å². The second kappa shape index (κ2) is 7.94. The number of aromatic nitrogens is 1. The Balaban J connectivity index is 2.42. The fraction of sp³-hybridized carbons (Fsp3) is 0.583. The van der Waals surface area contributed by atoms with Crippen LogP contribution in [0.1, 0.15) is 5.56 Å². The minimum atomic E-state index is -2.35. The van der Waals surface area contributed by atoms with Gasteiger partial charge in [0.15, 0.2) is 0 Å². The van der Waals surface area contributed by atoms with Gasteiger partial charge in [0.1, 0.15) is 5.82 Å². The molecule has 1 rings (SSSR count). The SMILES string of the molecule is COCCNCc1ccc(N(C)CC(F)F)nc1. The van der Waals surface area contributed by atoms with Crippen LogP contribution in [0, 0.1) is 0 Å². The Labute approximate surface area is 106 Å². The summed E-state index contributed by atoms with van der Waals surface area (Å²) in [7, 11) is 3.25. The lowest BCUT2D eigenvalue weighted by molar-refractivity contribution is 0.156. The normalized spacial score (nSPS) is 10.9. The van der Waals surface area contributed by atoms with Gasteiger partial charge in [-0.25, -0.2) is 13.8 Å². The number of nitrogens with one attached hydrogen (secondary N) is 1. The Hall–Kier alpha value is -1.27. The molecule has 18 heavy (non-hydrogen) atoms. The molecular formula is C12H19F2N3O. The molecule has 0 fully saturated rings. The van der Waals surface area contributed by atoms with E-state index in [0.717, 1.165) is 12.1 Å². The van der Waals surface area contributed by atoms with Crippen molar-refractivity contribution in [1.29, 1.82) is 0 Å². The molecule has 1 aromatic rings. The van der Waals surface area contributed by atoms with E-state index < -0.39 is 6.43 Å². The van der Waals surface area contributed by atoms with Crippen LogP contribution < -0.4 is 10.2 Å². The van der Waals surface area contributed by atoms with Crippen molar-refractivity contribution in [2.75, 3.05) is 38.8 Å². The highest BCUT2D eigenvalue weighted by molar-refractivity contribution is 5.38. The number of methoxy groups -OCH3 is 1. The summed E-state index contributed by atoms with van der Waals surface area (Å²) in [6.45, 7) is 1.81. The average molecular weight is 259 g/mol. The summed E-state index contributed by atoms with van der Waals surface area (Å²) in [5.41, 5.74) is 1.01. The van der Waals surface area contributed by atoms with Crippen molar-refractivity contribution in [3.8, 4) is 0 Å². The highest BCUT2D eigenvalue weighted by Gasteiger charge is 2.09. The maximum absolute atomic E-state index is 12.2. The number of ether oxygens (including phenoxy) is 1. The van der Waals surface area contributed by atoms with Crippen LogP contribution in [0.4, 0.5) is 14.6 Å². The van der Waals surface area contributed by atoms with E-state index in [1.54, 1.807) is 26.4 Å². The number of nitrogens with zero attached hydrogens (tertiary/aromatic N) is 2. The molecular weight excluding hydrogens is 240 g/mol. The van der Waals surface area contributed by atoms with Crippen molar-refractivity contribution in [3.63, 3.8) is 0 Å². The quantitative estimate of drug-likeness (QED) is 0.718. The number of hydrogen-bond acceptors (Lipinski definition) is 4. The molecule has 0 saturated heterocycles. The summed E-state index contributed by atoms with van der Waals surface area (Å²) >= 11 is 0. The number of halogens is 2. The second-order valence-corrected chi connectivity index (χ2v) is 3.97. The maximum atomic E-state index is 12.2. The minimum absolute atomic E-state index is 0.307. The van der Waals surface area contributed by atoms with Crippen LogP contribution >= 0.6 is 0 Å². The summed E-state index contributed by atoms with van der Waals surface area (Å²) < 4.78 is 29.3. The van der Waals surface area contributed by atoms with Crippen molar-refractivity contribution >= 4 is 5.82 Å². The summed E-state index contributed by atoms with van der Waals surface area (Å²) in [6, 6.07) is 3.62. The van der Waals surface area contributed by atoms with Crippen LogP contribution in [-0.4, -0.2) is 45.3 Å². The lowest BCUT2D eigenvalue weighted by Gasteiger charge is -2.17. The molecule has 102 valence electrons. The Morgan fingerprint density at radius 3 is 2.78 bits per heavy atom. The molecule has 6 heteroatoms. The standard InChI is InChI=1S/C12H19F2N3O/c1-17(9-11(13)14)12-4-3-10(8-16-12)7-15-5-6-18-2/h3-4,8,11,15H,5-7,9H2,1-2H3. The Bertz CT molecular complexity index is 333. The molecule has 0 atom stereocenters. The van der Waals surface area contributed by atoms with Crippen molar-refractivity contribution in [2.24, 2.45) is 0 Å². The van der Waals surface area contributed by atoms with Crippen LogP contribution in [-0.2, 0) is 11.3 Å². The van der Waals surface area contributed by atoms with Crippen LogP contribution in [0.5, 0.6) is 0 Å². The lowest BCUT2D eigenvalue weighted by atomic mass is 10.2. The summed E-state index contributed by atoms with van der Waals surface area (Å²) in [5.74, 6) is 0.552. The molecule has 1 N–H and O–H groups in total. The molecule has 0 unspecified atom stereocenters. The molecule has 0 radical (unpaired) electrons. The number of pyridine rings is 1. The van der Waals surface area contributed by atoms with Crippen molar-refractivity contribution in [1.82, 2.24) is 10.3 Å². The third-order valence-electron chi connectivity index (χ3n) is 2.42. The van der Waals surface area contributed by atoms with Gasteiger partial charge in [-0.2, -0.15) is 0 Å². The molecule has 0 bridgehead atoms. The first-order valence-corrected chi connectivity index (χ1v) is 5.77. The lowest BCUT2D eigenvalue weighted by Crippen LogP contribution is -2.25. The topological polar surface area (TPSA) is 37.4 Å². The highest BCUT2D eigenvalue weighted by atomic mass is 19.3. The predicted octanol–water partition coefficient (Wildman–Crippen LogP) is 1.52. The molecule has 0 aromatic carbocycles. The number of alkyl halides is 2. The predicted molar refractivity (Wildman–Crippen MR) is 67.1 cm³/mol. The van der Waals surface area contributed by atoms with Crippen LogP contribution in [0.2, 0.25) is 0 Å². The summed E-state index contributed by atoms with van der Waals surface area (Å²) in [4.78, 5) is 5.59. The zero-order valence-corrected chi connectivity index (χ0v) is 10.7. The smallest absolute Gasteiger partial charge is 0.255 e. The second-order valence-electron chi connectivity index (χ2n) is 3.97. The van der Waals surface area contributed by atoms with Crippen molar-refractivity contribution < 1.29 is 13.5 Å². The van der Waals surface area contributed by atoms with E-state index in [4.69, 9.17) is 4.74 Å². The molecule has 1 heterocycles.